The number of esters is 1. The molecule has 3 aliphatic heterocycles. The number of rotatable bonds is 1. The van der Waals surface area contributed by atoms with Gasteiger partial charge in [0.2, 0.25) is 11.7 Å². The molecule has 25 heavy (non-hydrogen) atoms. The number of aliphatic hydroxyl groups excluding tert-OH is 1. The Morgan fingerprint density at radius 1 is 1.24 bits per heavy atom. The summed E-state index contributed by atoms with van der Waals surface area (Å²) in [5.41, 5.74) is -1.60. The molecule has 132 valence electrons. The van der Waals surface area contributed by atoms with Crippen molar-refractivity contribution in [3.8, 4) is 0 Å². The Kier molecular flexibility index (Phi) is 3.12. The number of amides is 1. The van der Waals surface area contributed by atoms with Crippen LogP contribution in [0.1, 0.15) is 46.0 Å². The van der Waals surface area contributed by atoms with Crippen LogP contribution >= 0.6 is 0 Å². The number of nitrogens with zero attached hydrogens (tertiary/aromatic N) is 1. The zero-order chi connectivity index (χ0) is 18.1. The summed E-state index contributed by atoms with van der Waals surface area (Å²) in [6, 6.07) is -0.247. The third-order valence-corrected chi connectivity index (χ3v) is 6.34. The summed E-state index contributed by atoms with van der Waals surface area (Å²) in [4.78, 5) is 40.1. The maximum Gasteiger partial charge on any atom is 0.338 e. The lowest BCUT2D eigenvalue weighted by Gasteiger charge is -2.46. The predicted octanol–water partition coefficient (Wildman–Crippen LogP) is 2.11. The topological polar surface area (TPSA) is 83.9 Å². The summed E-state index contributed by atoms with van der Waals surface area (Å²) in [5, 5.41) is 10.8. The van der Waals surface area contributed by atoms with Crippen LogP contribution in [0.25, 0.3) is 0 Å². The molecule has 1 amide bonds. The van der Waals surface area contributed by atoms with Gasteiger partial charge in [-0.1, -0.05) is 6.08 Å². The summed E-state index contributed by atoms with van der Waals surface area (Å²) < 4.78 is 5.61. The van der Waals surface area contributed by atoms with Crippen molar-refractivity contribution in [2.45, 2.75) is 63.1 Å². The second-order valence-corrected chi connectivity index (χ2v) is 7.30. The molecule has 1 aliphatic carbocycles. The average Bonchev–Trinajstić information content (AvgIpc) is 3.10. The summed E-state index contributed by atoms with van der Waals surface area (Å²) in [7, 11) is 0. The van der Waals surface area contributed by atoms with E-state index >= 15 is 0 Å². The molecule has 0 aromatic rings. The third kappa shape index (κ3) is 1.54. The van der Waals surface area contributed by atoms with Crippen LogP contribution in [0.3, 0.4) is 0 Å². The number of Topliss-reactive ketones (excluding diaryl/α,β-unsaturated/α-hetero) is 1. The Balaban J connectivity index is 2.06. The zero-order valence-electron chi connectivity index (χ0n) is 14.4. The first kappa shape index (κ1) is 16.1. The van der Waals surface area contributed by atoms with Gasteiger partial charge in [-0.25, -0.2) is 4.79 Å². The molecule has 4 aliphatic rings. The Bertz CT molecular complexity index is 807. The molecular formula is C19H21NO5. The zero-order valence-corrected chi connectivity index (χ0v) is 14.4. The summed E-state index contributed by atoms with van der Waals surface area (Å²) in [6.45, 7) is 6.99. The van der Waals surface area contributed by atoms with Crippen LogP contribution in [-0.2, 0) is 19.1 Å². The molecule has 3 atom stereocenters. The van der Waals surface area contributed by atoms with Gasteiger partial charge in [0.15, 0.2) is 5.76 Å². The molecule has 0 saturated carbocycles. The monoisotopic (exact) mass is 343 g/mol. The minimum atomic E-state index is -1.83. The molecule has 2 fully saturated rings. The highest BCUT2D eigenvalue weighted by Crippen LogP contribution is 2.61. The van der Waals surface area contributed by atoms with Crippen molar-refractivity contribution in [2.24, 2.45) is 0 Å². The first-order valence-corrected chi connectivity index (χ1v) is 8.66. The fraction of sp³-hybridized carbons (Fsp3) is 0.526. The second kappa shape index (κ2) is 4.84. The minimum Gasteiger partial charge on any atom is -0.507 e. The van der Waals surface area contributed by atoms with Crippen LogP contribution in [0.2, 0.25) is 0 Å². The van der Waals surface area contributed by atoms with Gasteiger partial charge in [0.25, 0.3) is 5.60 Å². The summed E-state index contributed by atoms with van der Waals surface area (Å²) in [6.07, 6.45) is 4.35. The molecule has 0 bridgehead atoms. The Hall–Kier alpha value is -2.37. The average molecular weight is 343 g/mol. The Morgan fingerprint density at radius 3 is 2.56 bits per heavy atom. The van der Waals surface area contributed by atoms with Gasteiger partial charge >= 0.3 is 5.97 Å². The molecule has 1 N–H and O–H groups in total. The van der Waals surface area contributed by atoms with Crippen molar-refractivity contribution in [1.29, 1.82) is 0 Å². The first-order valence-electron chi connectivity index (χ1n) is 8.66. The number of ether oxygens (including phenoxy) is 1. The van der Waals surface area contributed by atoms with Gasteiger partial charge in [-0.05, 0) is 50.7 Å². The van der Waals surface area contributed by atoms with E-state index in [1.807, 2.05) is 0 Å². The highest BCUT2D eigenvalue weighted by atomic mass is 16.6. The van der Waals surface area contributed by atoms with Crippen LogP contribution in [0.4, 0.5) is 0 Å². The summed E-state index contributed by atoms with van der Waals surface area (Å²) in [5.74, 6) is -1.54. The quantitative estimate of drug-likeness (QED) is 0.582. The van der Waals surface area contributed by atoms with Crippen molar-refractivity contribution in [2.75, 3.05) is 0 Å². The van der Waals surface area contributed by atoms with E-state index in [0.29, 0.717) is 37.7 Å². The van der Waals surface area contributed by atoms with Gasteiger partial charge in [0, 0.05) is 6.42 Å². The molecule has 0 unspecified atom stereocenters. The molecule has 4 rings (SSSR count). The molecule has 2 saturated heterocycles. The molecule has 6 nitrogen and oxygen atoms in total. The lowest BCUT2D eigenvalue weighted by molar-refractivity contribution is -0.170. The maximum absolute atomic E-state index is 13.3. The van der Waals surface area contributed by atoms with Gasteiger partial charge in [-0.3, -0.25) is 9.59 Å². The van der Waals surface area contributed by atoms with Gasteiger partial charge in [-0.15, -0.1) is 6.58 Å². The Labute approximate surface area is 145 Å². The van der Waals surface area contributed by atoms with Crippen molar-refractivity contribution in [3.05, 3.63) is 35.1 Å². The van der Waals surface area contributed by atoms with Gasteiger partial charge in [0.1, 0.15) is 5.54 Å². The summed E-state index contributed by atoms with van der Waals surface area (Å²) >= 11 is 0. The highest BCUT2D eigenvalue weighted by Gasteiger charge is 2.76. The minimum absolute atomic E-state index is 0.0375. The molecule has 0 aromatic carbocycles. The van der Waals surface area contributed by atoms with Crippen LogP contribution < -0.4 is 0 Å². The van der Waals surface area contributed by atoms with Crippen LogP contribution in [0.15, 0.2) is 35.1 Å². The fourth-order valence-electron chi connectivity index (χ4n) is 5.25. The largest absolute Gasteiger partial charge is 0.507 e. The third-order valence-electron chi connectivity index (χ3n) is 6.34. The van der Waals surface area contributed by atoms with Crippen molar-refractivity contribution < 1.29 is 24.2 Å². The van der Waals surface area contributed by atoms with Crippen LogP contribution in [-0.4, -0.2) is 44.8 Å². The first-order chi connectivity index (χ1) is 11.8. The normalized spacial score (nSPS) is 37.6. The molecule has 3 heterocycles. The van der Waals surface area contributed by atoms with Crippen molar-refractivity contribution in [3.63, 3.8) is 0 Å². The fourth-order valence-corrected chi connectivity index (χ4v) is 5.25. The molecule has 0 aromatic heterocycles. The van der Waals surface area contributed by atoms with Gasteiger partial charge in [-0.2, -0.15) is 0 Å². The van der Waals surface area contributed by atoms with E-state index < -0.39 is 22.9 Å². The number of hydrogen-bond donors (Lipinski definition) is 1. The number of ketones is 1. The number of carbonyl (C=O) groups is 3. The Morgan fingerprint density at radius 2 is 1.96 bits per heavy atom. The maximum atomic E-state index is 13.3. The smallest absolute Gasteiger partial charge is 0.338 e. The predicted molar refractivity (Wildman–Crippen MR) is 88.5 cm³/mol. The van der Waals surface area contributed by atoms with Crippen LogP contribution in [0, 0.1) is 0 Å². The standard InChI is InChI=1S/C19H21NO5/c1-4-12-8-9-18-13(6-5-7-14(21)20(12)18)10(2)15(22)19(18)16(23)11(3)17(24)25-19/h4,12,23H,1,5-9H2,2-3H3/t12-,18-,19+/m0/s1. The lowest BCUT2D eigenvalue weighted by atomic mass is 9.74. The SMILES string of the molecule is C=C[C@H]1CC[C@]23C(=C(C)C(=O)[C@]24OC(=O)C(C)=C4O)CCCC(=O)N13. The van der Waals surface area contributed by atoms with Crippen molar-refractivity contribution in [1.82, 2.24) is 4.90 Å². The lowest BCUT2D eigenvalue weighted by Crippen LogP contribution is -2.65. The molecular weight excluding hydrogens is 322 g/mol. The number of carbonyl (C=O) groups excluding carboxylic acids is 3. The van der Waals surface area contributed by atoms with Crippen LogP contribution in [0.5, 0.6) is 0 Å². The van der Waals surface area contributed by atoms with E-state index in [1.165, 1.54) is 6.92 Å². The molecule has 0 radical (unpaired) electrons. The number of aliphatic hydroxyl groups is 1. The van der Waals surface area contributed by atoms with E-state index in [4.69, 9.17) is 4.74 Å². The van der Waals surface area contributed by atoms with Crippen molar-refractivity contribution >= 4 is 17.7 Å². The van der Waals surface area contributed by atoms with E-state index in [0.717, 1.165) is 5.57 Å². The van der Waals surface area contributed by atoms with E-state index in [-0.39, 0.29) is 23.3 Å². The molecule has 6 heteroatoms. The number of hydrogen-bond acceptors (Lipinski definition) is 5. The van der Waals surface area contributed by atoms with Gasteiger partial charge < -0.3 is 14.7 Å². The highest BCUT2D eigenvalue weighted by molar-refractivity contribution is 6.14. The van der Waals surface area contributed by atoms with E-state index in [9.17, 15) is 19.5 Å². The second-order valence-electron chi connectivity index (χ2n) is 7.30. The molecule has 2 spiro atoms. The van der Waals surface area contributed by atoms with E-state index in [1.54, 1.807) is 17.9 Å². The van der Waals surface area contributed by atoms with E-state index in [2.05, 4.69) is 6.58 Å². The van der Waals surface area contributed by atoms with Gasteiger partial charge in [0.05, 0.1) is 11.6 Å².